The first kappa shape index (κ1) is 14.1. The molecule has 3 rings (SSSR count). The second-order valence-corrected chi connectivity index (χ2v) is 5.58. The predicted octanol–water partition coefficient (Wildman–Crippen LogP) is 3.22. The van der Waals surface area contributed by atoms with E-state index < -0.39 is 0 Å². The maximum Gasteiger partial charge on any atom is 0.180 e. The van der Waals surface area contributed by atoms with Crippen LogP contribution in [0.3, 0.4) is 0 Å². The number of anilines is 1. The molecule has 1 aliphatic rings. The summed E-state index contributed by atoms with van der Waals surface area (Å²) < 4.78 is 12.5. The van der Waals surface area contributed by atoms with Crippen molar-refractivity contribution in [3.05, 3.63) is 23.0 Å². The fourth-order valence-corrected chi connectivity index (χ4v) is 2.83. The van der Waals surface area contributed by atoms with Gasteiger partial charge in [0.05, 0.1) is 19.2 Å². The molecule has 112 valence electrons. The Morgan fingerprint density at radius 2 is 2.00 bits per heavy atom. The van der Waals surface area contributed by atoms with Crippen molar-refractivity contribution in [3.8, 4) is 22.8 Å². The molecular formula is C15H18ClN3O2. The molecule has 1 saturated carbocycles. The van der Waals surface area contributed by atoms with Gasteiger partial charge in [0, 0.05) is 18.5 Å². The average Bonchev–Trinajstić information content (AvgIpc) is 3.28. The van der Waals surface area contributed by atoms with Crippen molar-refractivity contribution in [2.24, 2.45) is 7.05 Å². The van der Waals surface area contributed by atoms with Crippen LogP contribution in [-0.2, 0) is 7.05 Å². The van der Waals surface area contributed by atoms with Crippen LogP contribution in [0.5, 0.6) is 11.5 Å². The van der Waals surface area contributed by atoms with E-state index in [1.54, 1.807) is 14.2 Å². The second-order valence-electron chi connectivity index (χ2n) is 5.20. The minimum absolute atomic E-state index is 0.462. The molecule has 1 aromatic heterocycles. The number of nitrogens with two attached hydrogens (primary N) is 1. The summed E-state index contributed by atoms with van der Waals surface area (Å²) >= 11 is 6.45. The van der Waals surface area contributed by atoms with Gasteiger partial charge in [-0.1, -0.05) is 11.6 Å². The van der Waals surface area contributed by atoms with Crippen LogP contribution < -0.4 is 15.2 Å². The highest BCUT2D eigenvalue weighted by atomic mass is 35.5. The Morgan fingerprint density at radius 1 is 1.29 bits per heavy atom. The predicted molar refractivity (Wildman–Crippen MR) is 83.1 cm³/mol. The van der Waals surface area contributed by atoms with Gasteiger partial charge in [0.1, 0.15) is 17.3 Å². The number of imidazole rings is 1. The third kappa shape index (κ3) is 2.21. The number of nitrogens with zero attached hydrogens (tertiary/aromatic N) is 2. The number of hydrogen-bond donors (Lipinski definition) is 1. The van der Waals surface area contributed by atoms with E-state index in [1.807, 2.05) is 23.7 Å². The zero-order chi connectivity index (χ0) is 15.1. The number of nitrogen functional groups attached to an aromatic ring is 1. The highest BCUT2D eigenvalue weighted by molar-refractivity contribution is 6.35. The minimum Gasteiger partial charge on any atom is -0.493 e. The molecular weight excluding hydrogens is 290 g/mol. The van der Waals surface area contributed by atoms with Gasteiger partial charge >= 0.3 is 0 Å². The molecule has 0 radical (unpaired) electrons. The van der Waals surface area contributed by atoms with E-state index in [2.05, 4.69) is 0 Å². The lowest BCUT2D eigenvalue weighted by molar-refractivity contribution is 0.355. The summed E-state index contributed by atoms with van der Waals surface area (Å²) in [5, 5.41) is 0.462. The standard InChI is InChI=1S/C15H18ClN3O2/c1-19-14(17)12(18-15(19)8-4-5-8)9-6-7-10(20-2)13(21-3)11(9)16/h6-8H,4-5,17H2,1-3H3. The van der Waals surface area contributed by atoms with Gasteiger partial charge in [-0.3, -0.25) is 0 Å². The van der Waals surface area contributed by atoms with E-state index >= 15 is 0 Å². The molecule has 0 spiro atoms. The van der Waals surface area contributed by atoms with Gasteiger partial charge in [0.25, 0.3) is 0 Å². The van der Waals surface area contributed by atoms with Crippen molar-refractivity contribution in [1.82, 2.24) is 9.55 Å². The Hall–Kier alpha value is -1.88. The third-order valence-corrected chi connectivity index (χ3v) is 4.23. The zero-order valence-corrected chi connectivity index (χ0v) is 13.1. The summed E-state index contributed by atoms with van der Waals surface area (Å²) in [6, 6.07) is 3.67. The highest BCUT2D eigenvalue weighted by Crippen LogP contribution is 2.45. The van der Waals surface area contributed by atoms with Gasteiger partial charge in [-0.15, -0.1) is 0 Å². The molecule has 5 nitrogen and oxygen atoms in total. The molecule has 2 aromatic rings. The van der Waals surface area contributed by atoms with E-state index in [1.165, 1.54) is 12.8 Å². The number of ether oxygens (including phenoxy) is 2. The van der Waals surface area contributed by atoms with Crippen LogP contribution in [0.1, 0.15) is 24.6 Å². The van der Waals surface area contributed by atoms with E-state index in [9.17, 15) is 0 Å². The van der Waals surface area contributed by atoms with E-state index in [0.717, 1.165) is 11.4 Å². The molecule has 1 fully saturated rings. The number of benzene rings is 1. The van der Waals surface area contributed by atoms with Crippen LogP contribution in [0.2, 0.25) is 5.02 Å². The van der Waals surface area contributed by atoms with Crippen molar-refractivity contribution >= 4 is 17.4 Å². The molecule has 0 aliphatic heterocycles. The van der Waals surface area contributed by atoms with Crippen molar-refractivity contribution in [3.63, 3.8) is 0 Å². The lowest BCUT2D eigenvalue weighted by Crippen LogP contribution is -2.00. The third-order valence-electron chi connectivity index (χ3n) is 3.86. The number of hydrogen-bond acceptors (Lipinski definition) is 4. The van der Waals surface area contributed by atoms with Crippen LogP contribution in [0.15, 0.2) is 12.1 Å². The lowest BCUT2D eigenvalue weighted by atomic mass is 10.1. The number of rotatable bonds is 4. The molecule has 0 bridgehead atoms. The van der Waals surface area contributed by atoms with Crippen molar-refractivity contribution in [1.29, 1.82) is 0 Å². The number of methoxy groups -OCH3 is 2. The molecule has 0 saturated heterocycles. The van der Waals surface area contributed by atoms with Gasteiger partial charge in [0.15, 0.2) is 11.5 Å². The topological polar surface area (TPSA) is 62.3 Å². The quantitative estimate of drug-likeness (QED) is 0.942. The van der Waals surface area contributed by atoms with Crippen molar-refractivity contribution in [2.75, 3.05) is 20.0 Å². The Balaban J connectivity index is 2.14. The van der Waals surface area contributed by atoms with E-state index in [0.29, 0.717) is 34.0 Å². The van der Waals surface area contributed by atoms with Crippen LogP contribution in [0.4, 0.5) is 5.82 Å². The van der Waals surface area contributed by atoms with Crippen LogP contribution >= 0.6 is 11.6 Å². The van der Waals surface area contributed by atoms with Gasteiger partial charge < -0.3 is 19.8 Å². The second kappa shape index (κ2) is 5.15. The van der Waals surface area contributed by atoms with Crippen molar-refractivity contribution < 1.29 is 9.47 Å². The maximum absolute atomic E-state index is 6.45. The Bertz CT molecular complexity index is 693. The first-order chi connectivity index (χ1) is 10.1. The molecule has 21 heavy (non-hydrogen) atoms. The van der Waals surface area contributed by atoms with E-state index in [-0.39, 0.29) is 0 Å². The fourth-order valence-electron chi connectivity index (χ4n) is 2.51. The largest absolute Gasteiger partial charge is 0.493 e. The zero-order valence-electron chi connectivity index (χ0n) is 12.3. The molecule has 6 heteroatoms. The molecule has 1 aliphatic carbocycles. The monoisotopic (exact) mass is 307 g/mol. The lowest BCUT2D eigenvalue weighted by Gasteiger charge is -2.12. The van der Waals surface area contributed by atoms with Crippen LogP contribution in [-0.4, -0.2) is 23.8 Å². The Kier molecular flexibility index (Phi) is 3.45. The SMILES string of the molecule is COc1ccc(-c2nc(C3CC3)n(C)c2N)c(Cl)c1OC. The summed E-state index contributed by atoms with van der Waals surface area (Å²) in [7, 11) is 5.08. The smallest absolute Gasteiger partial charge is 0.180 e. The molecule has 1 aromatic carbocycles. The maximum atomic E-state index is 6.45. The summed E-state index contributed by atoms with van der Waals surface area (Å²) in [5.41, 5.74) is 7.66. The molecule has 0 unspecified atom stereocenters. The van der Waals surface area contributed by atoms with Crippen molar-refractivity contribution in [2.45, 2.75) is 18.8 Å². The van der Waals surface area contributed by atoms with Gasteiger partial charge in [-0.2, -0.15) is 0 Å². The summed E-state index contributed by atoms with van der Waals surface area (Å²) in [5.74, 6) is 3.24. The fraction of sp³-hybridized carbons (Fsp3) is 0.400. The first-order valence-electron chi connectivity index (χ1n) is 6.81. The average molecular weight is 308 g/mol. The molecule has 0 amide bonds. The normalized spacial score (nSPS) is 14.3. The minimum atomic E-state index is 0.462. The molecule has 0 atom stereocenters. The number of halogens is 1. The van der Waals surface area contributed by atoms with Gasteiger partial charge in [-0.05, 0) is 25.0 Å². The van der Waals surface area contributed by atoms with E-state index in [4.69, 9.17) is 31.8 Å². The van der Waals surface area contributed by atoms with Crippen LogP contribution in [0.25, 0.3) is 11.3 Å². The highest BCUT2D eigenvalue weighted by Gasteiger charge is 2.30. The van der Waals surface area contributed by atoms with Gasteiger partial charge in [0.2, 0.25) is 0 Å². The number of aromatic nitrogens is 2. The molecule has 2 N–H and O–H groups in total. The summed E-state index contributed by atoms with van der Waals surface area (Å²) in [6.45, 7) is 0. The van der Waals surface area contributed by atoms with Gasteiger partial charge in [-0.25, -0.2) is 4.98 Å². The molecule has 1 heterocycles. The Labute approximate surface area is 128 Å². The van der Waals surface area contributed by atoms with Crippen LogP contribution in [0, 0.1) is 0 Å². The first-order valence-corrected chi connectivity index (χ1v) is 7.19. The summed E-state index contributed by atoms with van der Waals surface area (Å²) in [6.07, 6.45) is 2.34. The summed E-state index contributed by atoms with van der Waals surface area (Å²) in [4.78, 5) is 4.69. The Morgan fingerprint density at radius 3 is 2.57 bits per heavy atom.